The fourth-order valence-corrected chi connectivity index (χ4v) is 6.19. The molecule has 0 spiro atoms. The average molecular weight is 605 g/mol. The van der Waals surface area contributed by atoms with Crippen molar-refractivity contribution in [1.82, 2.24) is 4.57 Å². The van der Waals surface area contributed by atoms with E-state index >= 15 is 0 Å². The van der Waals surface area contributed by atoms with Crippen molar-refractivity contribution in [1.29, 1.82) is 0 Å². The van der Waals surface area contributed by atoms with Gasteiger partial charge in [0.2, 0.25) is 0 Å². The van der Waals surface area contributed by atoms with Crippen LogP contribution in [0.5, 0.6) is 11.5 Å². The molecule has 2 heterocycles. The number of carbonyl (C=O) groups excluding carboxylic acids is 2. The van der Waals surface area contributed by atoms with Crippen LogP contribution < -0.4 is 24.4 Å². The number of benzene rings is 2. The summed E-state index contributed by atoms with van der Waals surface area (Å²) in [6.07, 6.45) is 1.85. The lowest BCUT2D eigenvalue weighted by molar-refractivity contribution is -0.139. The van der Waals surface area contributed by atoms with Crippen molar-refractivity contribution in [2.75, 3.05) is 13.7 Å². The summed E-state index contributed by atoms with van der Waals surface area (Å²) in [6, 6.07) is 10.5. The van der Waals surface area contributed by atoms with Gasteiger partial charge in [-0.3, -0.25) is 14.2 Å². The molecular formula is C34H40N2O6S. The number of thiazole rings is 1. The minimum absolute atomic E-state index is 0.199. The highest BCUT2D eigenvalue weighted by molar-refractivity contribution is 7.07. The SMILES string of the molecule is CCOC(=O)C1=C(C)N=c2sc(=Cc3cc(C(C)(C)C)c(OC(C)=O)c(C(C)(C)C)c3)c(=O)n2C1c1ccc(OC)cc1. The van der Waals surface area contributed by atoms with Crippen LogP contribution in [0.1, 0.15) is 90.6 Å². The van der Waals surface area contributed by atoms with Crippen molar-refractivity contribution in [3.05, 3.63) is 89.6 Å². The molecule has 8 nitrogen and oxygen atoms in total. The lowest BCUT2D eigenvalue weighted by atomic mass is 9.78. The molecule has 4 rings (SSSR count). The van der Waals surface area contributed by atoms with Gasteiger partial charge in [0.25, 0.3) is 5.56 Å². The lowest BCUT2D eigenvalue weighted by Crippen LogP contribution is -2.39. The molecule has 0 saturated carbocycles. The number of aromatic nitrogens is 1. The highest BCUT2D eigenvalue weighted by atomic mass is 32.1. The number of allylic oxidation sites excluding steroid dienone is 1. The zero-order valence-electron chi connectivity index (χ0n) is 26.6. The molecule has 0 bridgehead atoms. The summed E-state index contributed by atoms with van der Waals surface area (Å²) in [5, 5.41) is 0. The summed E-state index contributed by atoms with van der Waals surface area (Å²) in [4.78, 5) is 44.6. The molecule has 0 aliphatic carbocycles. The quantitative estimate of drug-likeness (QED) is 0.279. The third-order valence-electron chi connectivity index (χ3n) is 7.22. The highest BCUT2D eigenvalue weighted by Crippen LogP contribution is 2.41. The maximum atomic E-state index is 14.1. The normalized spacial score (nSPS) is 15.6. The fraction of sp³-hybridized carbons (Fsp3) is 0.412. The number of ether oxygens (including phenoxy) is 3. The Labute approximate surface area is 256 Å². The predicted molar refractivity (Wildman–Crippen MR) is 169 cm³/mol. The lowest BCUT2D eigenvalue weighted by Gasteiger charge is -2.29. The van der Waals surface area contributed by atoms with Gasteiger partial charge in [-0.15, -0.1) is 0 Å². The van der Waals surface area contributed by atoms with Crippen LogP contribution in [0.3, 0.4) is 0 Å². The zero-order valence-corrected chi connectivity index (χ0v) is 27.4. The van der Waals surface area contributed by atoms with Crippen LogP contribution in [0.25, 0.3) is 6.08 Å². The van der Waals surface area contributed by atoms with Gasteiger partial charge in [-0.2, -0.15) is 0 Å². The van der Waals surface area contributed by atoms with Gasteiger partial charge in [0.05, 0.1) is 35.6 Å². The number of fused-ring (bicyclic) bond motifs is 1. The van der Waals surface area contributed by atoms with Gasteiger partial charge >= 0.3 is 11.9 Å². The molecule has 0 radical (unpaired) electrons. The van der Waals surface area contributed by atoms with E-state index in [1.54, 1.807) is 37.7 Å². The van der Waals surface area contributed by atoms with Crippen LogP contribution in [0.15, 0.2) is 57.5 Å². The van der Waals surface area contributed by atoms with Crippen LogP contribution in [-0.2, 0) is 25.2 Å². The number of methoxy groups -OCH3 is 1. The van der Waals surface area contributed by atoms with Gasteiger partial charge in [-0.05, 0) is 66.1 Å². The Morgan fingerprint density at radius 1 is 1.02 bits per heavy atom. The topological polar surface area (TPSA) is 96.2 Å². The first kappa shape index (κ1) is 31.9. The Morgan fingerprint density at radius 2 is 1.60 bits per heavy atom. The van der Waals surface area contributed by atoms with E-state index in [4.69, 9.17) is 14.2 Å². The maximum Gasteiger partial charge on any atom is 0.338 e. The van der Waals surface area contributed by atoms with Gasteiger partial charge in [-0.25, -0.2) is 9.79 Å². The van der Waals surface area contributed by atoms with Gasteiger partial charge in [0.15, 0.2) is 4.80 Å². The van der Waals surface area contributed by atoms with Crippen molar-refractivity contribution in [3.63, 3.8) is 0 Å². The van der Waals surface area contributed by atoms with Gasteiger partial charge in [-0.1, -0.05) is 65.0 Å². The second-order valence-corrected chi connectivity index (χ2v) is 13.6. The van der Waals surface area contributed by atoms with E-state index in [0.29, 0.717) is 32.1 Å². The Balaban J connectivity index is 2.00. The minimum Gasteiger partial charge on any atom is -0.497 e. The summed E-state index contributed by atoms with van der Waals surface area (Å²) in [7, 11) is 1.58. The first-order valence-electron chi connectivity index (χ1n) is 14.3. The Kier molecular flexibility index (Phi) is 8.88. The van der Waals surface area contributed by atoms with Gasteiger partial charge < -0.3 is 14.2 Å². The molecule has 0 fully saturated rings. The number of nitrogens with zero attached hydrogens (tertiary/aromatic N) is 2. The van der Waals surface area contributed by atoms with Crippen molar-refractivity contribution < 1.29 is 23.8 Å². The molecule has 9 heteroatoms. The molecular weight excluding hydrogens is 564 g/mol. The number of hydrogen-bond donors (Lipinski definition) is 0. The van der Waals surface area contributed by atoms with Gasteiger partial charge in [0.1, 0.15) is 11.5 Å². The number of esters is 2. The summed E-state index contributed by atoms with van der Waals surface area (Å²) in [6.45, 7) is 17.5. The number of rotatable bonds is 6. The van der Waals surface area contributed by atoms with E-state index < -0.39 is 12.0 Å². The van der Waals surface area contributed by atoms with Crippen LogP contribution in [0, 0.1) is 0 Å². The van der Waals surface area contributed by atoms with Crippen LogP contribution >= 0.6 is 11.3 Å². The molecule has 2 aromatic carbocycles. The summed E-state index contributed by atoms with van der Waals surface area (Å²) < 4.78 is 18.5. The molecule has 1 aromatic heterocycles. The monoisotopic (exact) mass is 604 g/mol. The average Bonchev–Trinajstić information content (AvgIpc) is 3.21. The van der Waals surface area contributed by atoms with E-state index in [2.05, 4.69) is 46.5 Å². The molecule has 43 heavy (non-hydrogen) atoms. The fourth-order valence-electron chi connectivity index (χ4n) is 5.15. The smallest absolute Gasteiger partial charge is 0.338 e. The third-order valence-corrected chi connectivity index (χ3v) is 8.20. The first-order chi connectivity index (χ1) is 20.1. The zero-order chi connectivity index (χ0) is 31.9. The summed E-state index contributed by atoms with van der Waals surface area (Å²) >= 11 is 1.27. The second kappa shape index (κ2) is 12.0. The van der Waals surface area contributed by atoms with Crippen molar-refractivity contribution in [3.8, 4) is 11.5 Å². The van der Waals surface area contributed by atoms with Gasteiger partial charge in [0, 0.05) is 18.1 Å². The summed E-state index contributed by atoms with van der Waals surface area (Å²) in [5.74, 6) is 0.323. The Hall–Kier alpha value is -3.98. The van der Waals surface area contributed by atoms with E-state index in [9.17, 15) is 14.4 Å². The third kappa shape index (κ3) is 6.51. The molecule has 3 aromatic rings. The second-order valence-electron chi connectivity index (χ2n) is 12.6. The van der Waals surface area contributed by atoms with E-state index in [1.807, 2.05) is 30.3 Å². The standard InChI is InChI=1S/C34H40N2O6S/c1-11-41-31(39)27-19(2)35-32-36(28(27)22-12-14-23(40-10)15-13-22)30(38)26(43-32)18-21-16-24(33(4,5)6)29(42-20(3)37)25(17-21)34(7,8)9/h12-18,28H,11H2,1-10H3. The molecule has 1 atom stereocenters. The molecule has 1 aliphatic heterocycles. The predicted octanol–water partition coefficient (Wildman–Crippen LogP) is 5.33. The molecule has 0 N–H and O–H groups in total. The maximum absolute atomic E-state index is 14.1. The number of carbonyl (C=O) groups is 2. The Morgan fingerprint density at radius 3 is 2.09 bits per heavy atom. The molecule has 0 amide bonds. The highest BCUT2D eigenvalue weighted by Gasteiger charge is 2.34. The Bertz CT molecular complexity index is 1750. The van der Waals surface area contributed by atoms with Crippen molar-refractivity contribution in [2.45, 2.75) is 79.2 Å². The minimum atomic E-state index is -0.718. The van der Waals surface area contributed by atoms with Crippen molar-refractivity contribution >= 4 is 29.4 Å². The van der Waals surface area contributed by atoms with Crippen molar-refractivity contribution in [2.24, 2.45) is 4.99 Å². The van der Waals surface area contributed by atoms with E-state index in [0.717, 1.165) is 22.3 Å². The van der Waals surface area contributed by atoms with Crippen LogP contribution in [0.2, 0.25) is 0 Å². The largest absolute Gasteiger partial charge is 0.497 e. The summed E-state index contributed by atoms with van der Waals surface area (Å²) in [5.41, 5.74) is 3.14. The van der Waals surface area contributed by atoms with E-state index in [1.165, 1.54) is 18.3 Å². The van der Waals surface area contributed by atoms with Crippen LogP contribution in [0.4, 0.5) is 0 Å². The first-order valence-corrected chi connectivity index (χ1v) is 15.1. The molecule has 1 aliphatic rings. The molecule has 1 unspecified atom stereocenters. The van der Waals surface area contributed by atoms with Crippen LogP contribution in [-0.4, -0.2) is 30.2 Å². The number of hydrogen-bond acceptors (Lipinski definition) is 8. The van der Waals surface area contributed by atoms with E-state index in [-0.39, 0.29) is 29.0 Å². The molecule has 228 valence electrons. The molecule has 0 saturated heterocycles.